The lowest BCUT2D eigenvalue weighted by Gasteiger charge is -2.17. The molecule has 0 saturated carbocycles. The molecule has 0 amide bonds. The zero-order chi connectivity index (χ0) is 14.1. The van der Waals surface area contributed by atoms with Crippen LogP contribution in [0.15, 0.2) is 30.3 Å². The SMILES string of the molecule is CCCNCCCS(=O)(=O)N(C)Cc1ccccc1. The van der Waals surface area contributed by atoms with E-state index >= 15 is 0 Å². The van der Waals surface area contributed by atoms with Crippen molar-refractivity contribution in [1.29, 1.82) is 0 Å². The Morgan fingerprint density at radius 2 is 1.84 bits per heavy atom. The van der Waals surface area contributed by atoms with Crippen molar-refractivity contribution in [3.05, 3.63) is 35.9 Å². The zero-order valence-electron chi connectivity index (χ0n) is 11.8. The van der Waals surface area contributed by atoms with Crippen molar-refractivity contribution in [3.63, 3.8) is 0 Å². The van der Waals surface area contributed by atoms with Crippen LogP contribution in [0.4, 0.5) is 0 Å². The highest BCUT2D eigenvalue weighted by atomic mass is 32.2. The summed E-state index contributed by atoms with van der Waals surface area (Å²) in [6.45, 7) is 4.23. The molecule has 1 aromatic rings. The third kappa shape index (κ3) is 6.18. The van der Waals surface area contributed by atoms with Crippen LogP contribution in [0.5, 0.6) is 0 Å². The minimum atomic E-state index is -3.15. The molecule has 5 heteroatoms. The first-order valence-electron chi connectivity index (χ1n) is 6.75. The summed E-state index contributed by atoms with van der Waals surface area (Å²) in [5, 5.41) is 3.21. The number of benzene rings is 1. The smallest absolute Gasteiger partial charge is 0.214 e. The molecule has 19 heavy (non-hydrogen) atoms. The van der Waals surface area contributed by atoms with Crippen LogP contribution in [0.25, 0.3) is 0 Å². The molecule has 4 nitrogen and oxygen atoms in total. The first-order valence-corrected chi connectivity index (χ1v) is 8.36. The van der Waals surface area contributed by atoms with Gasteiger partial charge < -0.3 is 5.32 Å². The lowest BCUT2D eigenvalue weighted by Crippen LogP contribution is -2.30. The van der Waals surface area contributed by atoms with Gasteiger partial charge in [0.2, 0.25) is 10.0 Å². The summed E-state index contributed by atoms with van der Waals surface area (Å²) in [5.74, 6) is 0.201. The Morgan fingerprint density at radius 1 is 1.16 bits per heavy atom. The van der Waals surface area contributed by atoms with Gasteiger partial charge in [0.15, 0.2) is 0 Å². The fourth-order valence-electron chi connectivity index (χ4n) is 1.78. The van der Waals surface area contributed by atoms with Crippen LogP contribution in [0, 0.1) is 0 Å². The van der Waals surface area contributed by atoms with Crippen molar-refractivity contribution >= 4 is 10.0 Å². The van der Waals surface area contributed by atoms with Gasteiger partial charge in [0.05, 0.1) is 5.75 Å². The van der Waals surface area contributed by atoms with Crippen molar-refractivity contribution in [3.8, 4) is 0 Å². The van der Waals surface area contributed by atoms with E-state index in [0.29, 0.717) is 13.0 Å². The van der Waals surface area contributed by atoms with Crippen molar-refractivity contribution in [1.82, 2.24) is 9.62 Å². The van der Waals surface area contributed by atoms with Crippen LogP contribution in [0.2, 0.25) is 0 Å². The molecule has 1 N–H and O–H groups in total. The standard InChI is InChI=1S/C14H24N2O2S/c1-3-10-15-11-7-12-19(17,18)16(2)13-14-8-5-4-6-9-14/h4-6,8-9,15H,3,7,10-13H2,1-2H3. The quantitative estimate of drug-likeness (QED) is 0.704. The fraction of sp³-hybridized carbons (Fsp3) is 0.571. The highest BCUT2D eigenvalue weighted by Gasteiger charge is 2.17. The first-order chi connectivity index (χ1) is 9.06. The molecular formula is C14H24N2O2S. The predicted octanol–water partition coefficient (Wildman–Crippen LogP) is 1.84. The number of nitrogens with one attached hydrogen (secondary N) is 1. The topological polar surface area (TPSA) is 49.4 Å². The summed E-state index contributed by atoms with van der Waals surface area (Å²) in [6, 6.07) is 9.65. The Labute approximate surface area is 116 Å². The highest BCUT2D eigenvalue weighted by Crippen LogP contribution is 2.08. The largest absolute Gasteiger partial charge is 0.317 e. The zero-order valence-corrected chi connectivity index (χ0v) is 12.6. The Bertz CT molecular complexity index is 446. The van der Waals surface area contributed by atoms with E-state index in [0.717, 1.165) is 25.1 Å². The molecule has 108 valence electrons. The molecule has 0 aromatic heterocycles. The second-order valence-corrected chi connectivity index (χ2v) is 6.86. The summed E-state index contributed by atoms with van der Waals surface area (Å²) in [6.07, 6.45) is 1.72. The highest BCUT2D eigenvalue weighted by molar-refractivity contribution is 7.89. The van der Waals surface area contributed by atoms with Crippen molar-refractivity contribution in [2.75, 3.05) is 25.9 Å². The van der Waals surface area contributed by atoms with Gasteiger partial charge in [0.1, 0.15) is 0 Å². The second kappa shape index (κ2) is 8.30. The Hall–Kier alpha value is -0.910. The summed E-state index contributed by atoms with van der Waals surface area (Å²) in [5.41, 5.74) is 1.01. The molecule has 0 unspecified atom stereocenters. The summed E-state index contributed by atoms with van der Waals surface area (Å²) < 4.78 is 25.6. The van der Waals surface area contributed by atoms with Gasteiger partial charge >= 0.3 is 0 Å². The lowest BCUT2D eigenvalue weighted by atomic mass is 10.2. The molecule has 0 spiro atoms. The van der Waals surface area contributed by atoms with Crippen LogP contribution in [-0.4, -0.2) is 38.6 Å². The Morgan fingerprint density at radius 3 is 2.47 bits per heavy atom. The Kier molecular flexibility index (Phi) is 7.05. The maximum Gasteiger partial charge on any atom is 0.214 e. The van der Waals surface area contributed by atoms with E-state index in [1.807, 2.05) is 30.3 Å². The van der Waals surface area contributed by atoms with Gasteiger partial charge in [0, 0.05) is 13.6 Å². The number of rotatable bonds is 9. The van der Waals surface area contributed by atoms with Gasteiger partial charge in [-0.25, -0.2) is 12.7 Å². The van der Waals surface area contributed by atoms with E-state index in [1.165, 1.54) is 4.31 Å². The summed E-state index contributed by atoms with van der Waals surface area (Å²) >= 11 is 0. The van der Waals surface area contributed by atoms with Gasteiger partial charge in [-0.3, -0.25) is 0 Å². The lowest BCUT2D eigenvalue weighted by molar-refractivity contribution is 0.464. The minimum Gasteiger partial charge on any atom is -0.317 e. The molecule has 0 radical (unpaired) electrons. The first kappa shape index (κ1) is 16.1. The van der Waals surface area contributed by atoms with Gasteiger partial charge in [-0.15, -0.1) is 0 Å². The Balaban J connectivity index is 2.39. The molecule has 0 aliphatic rings. The van der Waals surface area contributed by atoms with Gasteiger partial charge in [-0.2, -0.15) is 0 Å². The third-order valence-corrected chi connectivity index (χ3v) is 4.79. The molecule has 0 heterocycles. The van der Waals surface area contributed by atoms with Crippen LogP contribution in [0.1, 0.15) is 25.3 Å². The predicted molar refractivity (Wildman–Crippen MR) is 79.5 cm³/mol. The van der Waals surface area contributed by atoms with Crippen LogP contribution in [-0.2, 0) is 16.6 Å². The average molecular weight is 284 g/mol. The maximum atomic E-state index is 12.1. The molecule has 0 fully saturated rings. The van der Waals surface area contributed by atoms with E-state index in [-0.39, 0.29) is 5.75 Å². The van der Waals surface area contributed by atoms with Crippen molar-refractivity contribution < 1.29 is 8.42 Å². The van der Waals surface area contributed by atoms with Crippen molar-refractivity contribution in [2.45, 2.75) is 26.3 Å². The molecule has 0 saturated heterocycles. The number of hydrogen-bond acceptors (Lipinski definition) is 3. The second-order valence-electron chi connectivity index (χ2n) is 4.66. The molecule has 1 aromatic carbocycles. The molecule has 1 rings (SSSR count). The number of nitrogens with zero attached hydrogens (tertiary/aromatic N) is 1. The fourth-order valence-corrected chi connectivity index (χ4v) is 2.94. The third-order valence-electron chi connectivity index (χ3n) is 2.91. The number of sulfonamides is 1. The van der Waals surface area contributed by atoms with Crippen LogP contribution in [0.3, 0.4) is 0 Å². The van der Waals surface area contributed by atoms with E-state index in [2.05, 4.69) is 12.2 Å². The van der Waals surface area contributed by atoms with E-state index in [9.17, 15) is 8.42 Å². The number of hydrogen-bond donors (Lipinski definition) is 1. The van der Waals surface area contributed by atoms with E-state index < -0.39 is 10.0 Å². The molecule has 0 aliphatic carbocycles. The van der Waals surface area contributed by atoms with Gasteiger partial charge in [-0.1, -0.05) is 37.3 Å². The van der Waals surface area contributed by atoms with Crippen LogP contribution < -0.4 is 5.32 Å². The van der Waals surface area contributed by atoms with E-state index in [1.54, 1.807) is 7.05 Å². The summed E-state index contributed by atoms with van der Waals surface area (Å²) in [4.78, 5) is 0. The van der Waals surface area contributed by atoms with E-state index in [4.69, 9.17) is 0 Å². The molecular weight excluding hydrogens is 260 g/mol. The van der Waals surface area contributed by atoms with Gasteiger partial charge in [0.25, 0.3) is 0 Å². The molecule has 0 aliphatic heterocycles. The minimum absolute atomic E-state index is 0.201. The molecule has 0 bridgehead atoms. The normalized spacial score (nSPS) is 11.9. The molecule has 0 atom stereocenters. The van der Waals surface area contributed by atoms with Gasteiger partial charge in [-0.05, 0) is 31.5 Å². The monoisotopic (exact) mass is 284 g/mol. The maximum absolute atomic E-state index is 12.1. The van der Waals surface area contributed by atoms with Crippen molar-refractivity contribution in [2.24, 2.45) is 0 Å². The summed E-state index contributed by atoms with van der Waals surface area (Å²) in [7, 11) is -1.51. The average Bonchev–Trinajstić information content (AvgIpc) is 2.39. The van der Waals surface area contributed by atoms with Crippen LogP contribution >= 0.6 is 0 Å².